The Labute approximate surface area is 195 Å². The van der Waals surface area contributed by atoms with Crippen LogP contribution in [-0.2, 0) is 39.8 Å². The summed E-state index contributed by atoms with van der Waals surface area (Å²) in [6, 6.07) is 5.94. The predicted octanol–water partition coefficient (Wildman–Crippen LogP) is 1.77. The third-order valence-corrected chi connectivity index (χ3v) is 9.20. The topological polar surface area (TPSA) is 141 Å². The van der Waals surface area contributed by atoms with E-state index in [2.05, 4.69) is 15.5 Å². The number of ether oxygens (including phenoxy) is 1. The van der Waals surface area contributed by atoms with E-state index in [9.17, 15) is 21.6 Å². The van der Waals surface area contributed by atoms with Crippen LogP contribution in [0.25, 0.3) is 0 Å². The van der Waals surface area contributed by atoms with Crippen LogP contribution in [0, 0.1) is 0 Å². The van der Waals surface area contributed by atoms with Crippen molar-refractivity contribution in [2.45, 2.75) is 41.3 Å². The van der Waals surface area contributed by atoms with Gasteiger partial charge in [-0.2, -0.15) is 0 Å². The van der Waals surface area contributed by atoms with Crippen molar-refractivity contribution < 1.29 is 31.2 Å². The Kier molecular flexibility index (Phi) is 6.84. The molecule has 1 saturated heterocycles. The first-order chi connectivity index (χ1) is 15.6. The van der Waals surface area contributed by atoms with Crippen LogP contribution in [-0.4, -0.2) is 64.3 Å². The lowest BCUT2D eigenvalue weighted by atomic mass is 10.1. The zero-order valence-electron chi connectivity index (χ0n) is 17.8. The molecule has 0 spiro atoms. The van der Waals surface area contributed by atoms with Crippen molar-refractivity contribution in [1.29, 1.82) is 0 Å². The van der Waals surface area contributed by atoms with Gasteiger partial charge in [0.2, 0.25) is 0 Å². The summed E-state index contributed by atoms with van der Waals surface area (Å²) in [5.41, 5.74) is 0.311. The molecule has 2 aromatic rings. The summed E-state index contributed by atoms with van der Waals surface area (Å²) in [4.78, 5) is 23.2. The number of sulfone groups is 2. The minimum Gasteiger partial charge on any atom is -0.389 e. The molecule has 2 aliphatic rings. The van der Waals surface area contributed by atoms with E-state index in [1.165, 1.54) is 30.5 Å². The number of rotatable bonds is 9. The van der Waals surface area contributed by atoms with Crippen LogP contribution in [0.3, 0.4) is 0 Å². The normalized spacial score (nSPS) is 19.4. The molecule has 178 valence electrons. The van der Waals surface area contributed by atoms with Gasteiger partial charge in [-0.3, -0.25) is 10.1 Å². The van der Waals surface area contributed by atoms with E-state index in [0.29, 0.717) is 42.9 Å². The number of thiazole rings is 1. The molecule has 0 unspecified atom stereocenters. The van der Waals surface area contributed by atoms with Gasteiger partial charge in [0.15, 0.2) is 36.6 Å². The average Bonchev–Trinajstić information content (AvgIpc) is 3.34. The molecule has 13 heteroatoms. The van der Waals surface area contributed by atoms with Gasteiger partial charge in [0.25, 0.3) is 5.91 Å². The van der Waals surface area contributed by atoms with Crippen molar-refractivity contribution in [3.05, 3.63) is 40.9 Å². The monoisotopic (exact) mass is 513 g/mol. The Morgan fingerprint density at radius 1 is 1.21 bits per heavy atom. The van der Waals surface area contributed by atoms with Crippen molar-refractivity contribution in [3.63, 3.8) is 0 Å². The standard InChI is InChI=1S/C20H23N3O7S3/c1-32(25,26)12-15-10-21-20(31-15)22-19(24)18(23-30-14-8-9-29-11-14)13-2-4-16(5-3-13)33(27,28)17-6-7-17/h2-5,10,14,17H,6-9,11-12H2,1H3,(H,21,22,24)/t14-/m1/s1. The zero-order chi connectivity index (χ0) is 23.6. The summed E-state index contributed by atoms with van der Waals surface area (Å²) in [5.74, 6) is -0.796. The number of nitrogens with zero attached hydrogens (tertiary/aromatic N) is 2. The minimum atomic E-state index is -3.36. The maximum absolute atomic E-state index is 13.0. The van der Waals surface area contributed by atoms with Gasteiger partial charge in [-0.05, 0) is 25.0 Å². The maximum Gasteiger partial charge on any atom is 0.280 e. The quantitative estimate of drug-likeness (QED) is 0.395. The molecule has 1 aliphatic heterocycles. The number of nitrogens with one attached hydrogen (secondary N) is 1. The molecule has 0 bridgehead atoms. The molecule has 2 fully saturated rings. The van der Waals surface area contributed by atoms with Gasteiger partial charge < -0.3 is 9.57 Å². The number of amides is 1. The summed E-state index contributed by atoms with van der Waals surface area (Å²) in [7, 11) is -6.59. The van der Waals surface area contributed by atoms with Crippen LogP contribution < -0.4 is 5.32 Å². The molecule has 1 aromatic heterocycles. The van der Waals surface area contributed by atoms with E-state index in [4.69, 9.17) is 9.57 Å². The van der Waals surface area contributed by atoms with E-state index in [1.807, 2.05) is 0 Å². The summed E-state index contributed by atoms with van der Waals surface area (Å²) < 4.78 is 53.1. The molecule has 1 saturated carbocycles. The van der Waals surface area contributed by atoms with Gasteiger partial charge in [-0.15, -0.1) is 11.3 Å². The maximum atomic E-state index is 13.0. The molecule has 0 radical (unpaired) electrons. The van der Waals surface area contributed by atoms with E-state index in [-0.39, 0.29) is 32.8 Å². The fraction of sp³-hybridized carbons (Fsp3) is 0.450. The number of benzene rings is 1. The van der Waals surface area contributed by atoms with Gasteiger partial charge >= 0.3 is 0 Å². The second-order valence-corrected chi connectivity index (χ2v) is 13.4. The summed E-state index contributed by atoms with van der Waals surface area (Å²) in [6.45, 7) is 0.899. The lowest BCUT2D eigenvalue weighted by Crippen LogP contribution is -2.25. The highest BCUT2D eigenvalue weighted by Crippen LogP contribution is 2.33. The van der Waals surface area contributed by atoms with Gasteiger partial charge in [-0.1, -0.05) is 17.3 Å². The Morgan fingerprint density at radius 2 is 1.94 bits per heavy atom. The first-order valence-corrected chi connectivity index (χ1v) is 14.6. The fourth-order valence-electron chi connectivity index (χ4n) is 3.17. The van der Waals surface area contributed by atoms with Crippen LogP contribution in [0.5, 0.6) is 0 Å². The highest BCUT2D eigenvalue weighted by atomic mass is 32.2. The number of carbonyl (C=O) groups is 1. The van der Waals surface area contributed by atoms with Crippen molar-refractivity contribution in [2.24, 2.45) is 5.16 Å². The average molecular weight is 514 g/mol. The Bertz CT molecular complexity index is 1260. The molecular formula is C20H23N3O7S3. The SMILES string of the molecule is CS(=O)(=O)Cc1cnc(NC(=O)C(=NO[C@@H]2CCOC2)c2ccc(S(=O)(=O)C3CC3)cc2)s1. The van der Waals surface area contributed by atoms with Gasteiger partial charge in [0, 0.05) is 29.3 Å². The molecule has 1 amide bonds. The van der Waals surface area contributed by atoms with Crippen LogP contribution in [0.4, 0.5) is 5.13 Å². The Morgan fingerprint density at radius 3 is 2.55 bits per heavy atom. The highest BCUT2D eigenvalue weighted by Gasteiger charge is 2.36. The summed E-state index contributed by atoms with van der Waals surface area (Å²) >= 11 is 1.04. The van der Waals surface area contributed by atoms with Crippen molar-refractivity contribution in [1.82, 2.24) is 4.98 Å². The third kappa shape index (κ3) is 6.16. The van der Waals surface area contributed by atoms with E-state index < -0.39 is 25.6 Å². The van der Waals surface area contributed by atoms with Crippen LogP contribution in [0.2, 0.25) is 0 Å². The lowest BCUT2D eigenvalue weighted by Gasteiger charge is -2.10. The molecule has 10 nitrogen and oxygen atoms in total. The summed E-state index contributed by atoms with van der Waals surface area (Å²) in [6.07, 6.45) is 4.17. The van der Waals surface area contributed by atoms with Crippen molar-refractivity contribution >= 4 is 47.8 Å². The van der Waals surface area contributed by atoms with Gasteiger partial charge in [-0.25, -0.2) is 21.8 Å². The van der Waals surface area contributed by atoms with E-state index in [0.717, 1.165) is 17.6 Å². The lowest BCUT2D eigenvalue weighted by molar-refractivity contribution is -0.110. The molecule has 1 aliphatic carbocycles. The molecule has 1 N–H and O–H groups in total. The van der Waals surface area contributed by atoms with Gasteiger partial charge in [0.05, 0.1) is 29.1 Å². The largest absolute Gasteiger partial charge is 0.389 e. The van der Waals surface area contributed by atoms with Crippen molar-refractivity contribution in [2.75, 3.05) is 24.8 Å². The number of anilines is 1. The zero-order valence-corrected chi connectivity index (χ0v) is 20.2. The number of hydrogen-bond donors (Lipinski definition) is 1. The Balaban J connectivity index is 1.55. The van der Waals surface area contributed by atoms with Crippen LogP contribution in [0.1, 0.15) is 29.7 Å². The van der Waals surface area contributed by atoms with Crippen molar-refractivity contribution in [3.8, 4) is 0 Å². The smallest absolute Gasteiger partial charge is 0.280 e. The number of hydrogen-bond acceptors (Lipinski definition) is 10. The summed E-state index contributed by atoms with van der Waals surface area (Å²) in [5, 5.41) is 6.52. The number of oxime groups is 1. The molecular weight excluding hydrogens is 490 g/mol. The van der Waals surface area contributed by atoms with E-state index in [1.54, 1.807) is 0 Å². The first kappa shape index (κ1) is 23.8. The number of carbonyl (C=O) groups excluding carboxylic acids is 1. The number of aromatic nitrogens is 1. The second-order valence-electron chi connectivity index (χ2n) is 7.96. The third-order valence-electron chi connectivity index (χ3n) is 4.99. The molecule has 1 atom stereocenters. The molecule has 4 rings (SSSR count). The minimum absolute atomic E-state index is 0.0582. The Hall–Kier alpha value is -2.35. The van der Waals surface area contributed by atoms with E-state index >= 15 is 0 Å². The predicted molar refractivity (Wildman–Crippen MR) is 123 cm³/mol. The molecule has 2 heterocycles. The fourth-order valence-corrected chi connectivity index (χ4v) is 6.90. The van der Waals surface area contributed by atoms with Crippen LogP contribution in [0.15, 0.2) is 40.5 Å². The molecule has 1 aromatic carbocycles. The first-order valence-electron chi connectivity index (χ1n) is 10.2. The molecule has 33 heavy (non-hydrogen) atoms. The second kappa shape index (κ2) is 9.49. The van der Waals surface area contributed by atoms with Gasteiger partial charge in [0.1, 0.15) is 0 Å². The highest BCUT2D eigenvalue weighted by molar-refractivity contribution is 7.92. The van der Waals surface area contributed by atoms with Crippen LogP contribution >= 0.6 is 11.3 Å².